The number of benzene rings is 1. The second-order valence-electron chi connectivity index (χ2n) is 4.27. The summed E-state index contributed by atoms with van der Waals surface area (Å²) in [6.07, 6.45) is 2.31. The SMILES string of the molecule is CCc1ccc2c(c1)CN(CCN)CC2. The normalized spacial score (nSPS) is 16.4. The van der Waals surface area contributed by atoms with Crippen LogP contribution in [-0.2, 0) is 19.4 Å². The van der Waals surface area contributed by atoms with Crippen LogP contribution in [0.1, 0.15) is 23.6 Å². The van der Waals surface area contributed by atoms with Crippen LogP contribution in [-0.4, -0.2) is 24.5 Å². The Morgan fingerprint density at radius 1 is 1.33 bits per heavy atom. The summed E-state index contributed by atoms with van der Waals surface area (Å²) in [5.74, 6) is 0. The van der Waals surface area contributed by atoms with Crippen molar-refractivity contribution in [3.63, 3.8) is 0 Å². The third-order valence-corrected chi connectivity index (χ3v) is 3.22. The van der Waals surface area contributed by atoms with E-state index < -0.39 is 0 Å². The van der Waals surface area contributed by atoms with E-state index in [0.717, 1.165) is 32.6 Å². The molecule has 1 heterocycles. The molecule has 0 fully saturated rings. The van der Waals surface area contributed by atoms with Gasteiger partial charge in [-0.2, -0.15) is 0 Å². The van der Waals surface area contributed by atoms with Gasteiger partial charge in [0.05, 0.1) is 0 Å². The zero-order valence-corrected chi connectivity index (χ0v) is 9.50. The number of aryl methyl sites for hydroxylation is 1. The maximum atomic E-state index is 5.59. The molecule has 2 rings (SSSR count). The summed E-state index contributed by atoms with van der Waals surface area (Å²) in [5, 5.41) is 0. The van der Waals surface area contributed by atoms with Crippen LogP contribution >= 0.6 is 0 Å². The van der Waals surface area contributed by atoms with Crippen molar-refractivity contribution in [1.82, 2.24) is 4.90 Å². The Balaban J connectivity index is 2.16. The number of rotatable bonds is 3. The molecule has 0 bridgehead atoms. The first kappa shape index (κ1) is 10.7. The van der Waals surface area contributed by atoms with Crippen molar-refractivity contribution in [2.45, 2.75) is 26.3 Å². The third kappa shape index (κ3) is 2.39. The van der Waals surface area contributed by atoms with Crippen LogP contribution in [0.2, 0.25) is 0 Å². The quantitative estimate of drug-likeness (QED) is 0.809. The Morgan fingerprint density at radius 3 is 2.93 bits per heavy atom. The minimum absolute atomic E-state index is 0.767. The van der Waals surface area contributed by atoms with Crippen molar-refractivity contribution >= 4 is 0 Å². The molecule has 2 heteroatoms. The molecule has 0 aliphatic carbocycles. The molecule has 0 aromatic heterocycles. The van der Waals surface area contributed by atoms with Gasteiger partial charge in [-0.1, -0.05) is 25.1 Å². The van der Waals surface area contributed by atoms with Crippen LogP contribution in [0.4, 0.5) is 0 Å². The summed E-state index contributed by atoms with van der Waals surface area (Å²) >= 11 is 0. The van der Waals surface area contributed by atoms with Gasteiger partial charge in [0, 0.05) is 26.2 Å². The van der Waals surface area contributed by atoms with E-state index in [9.17, 15) is 0 Å². The van der Waals surface area contributed by atoms with Gasteiger partial charge in [-0.25, -0.2) is 0 Å². The first-order valence-electron chi connectivity index (χ1n) is 5.86. The molecule has 0 amide bonds. The molecule has 0 saturated carbocycles. The number of nitrogens with zero attached hydrogens (tertiary/aromatic N) is 1. The predicted octanol–water partition coefficient (Wildman–Crippen LogP) is 1.57. The second-order valence-corrected chi connectivity index (χ2v) is 4.27. The van der Waals surface area contributed by atoms with E-state index in [2.05, 4.69) is 30.0 Å². The summed E-state index contributed by atoms with van der Waals surface area (Å²) in [6.45, 7) is 6.25. The van der Waals surface area contributed by atoms with Gasteiger partial charge >= 0.3 is 0 Å². The Labute approximate surface area is 92.1 Å². The standard InChI is InChI=1S/C13H20N2/c1-2-11-3-4-12-5-7-15(8-6-14)10-13(12)9-11/h3-4,9H,2,5-8,10,14H2,1H3. The lowest BCUT2D eigenvalue weighted by atomic mass is 9.96. The van der Waals surface area contributed by atoms with Crippen LogP contribution in [0.25, 0.3) is 0 Å². The Kier molecular flexibility index (Phi) is 3.39. The van der Waals surface area contributed by atoms with E-state index in [4.69, 9.17) is 5.73 Å². The highest BCUT2D eigenvalue weighted by molar-refractivity contribution is 5.33. The topological polar surface area (TPSA) is 29.3 Å². The zero-order chi connectivity index (χ0) is 10.7. The van der Waals surface area contributed by atoms with Crippen LogP contribution in [0.3, 0.4) is 0 Å². The molecule has 2 N–H and O–H groups in total. The molecule has 0 saturated heterocycles. The molecule has 0 unspecified atom stereocenters. The first-order valence-corrected chi connectivity index (χ1v) is 5.86. The van der Waals surface area contributed by atoms with Gasteiger partial charge in [0.15, 0.2) is 0 Å². The molecular formula is C13H20N2. The van der Waals surface area contributed by atoms with Crippen molar-refractivity contribution in [3.05, 3.63) is 34.9 Å². The van der Waals surface area contributed by atoms with E-state index in [1.807, 2.05) is 0 Å². The summed E-state index contributed by atoms with van der Waals surface area (Å²) in [4.78, 5) is 2.45. The Bertz CT molecular complexity index is 333. The van der Waals surface area contributed by atoms with Gasteiger partial charge in [0.1, 0.15) is 0 Å². The fourth-order valence-electron chi connectivity index (χ4n) is 2.26. The monoisotopic (exact) mass is 204 g/mol. The minimum atomic E-state index is 0.767. The molecule has 0 atom stereocenters. The van der Waals surface area contributed by atoms with Crippen molar-refractivity contribution in [2.24, 2.45) is 5.73 Å². The maximum absolute atomic E-state index is 5.59. The van der Waals surface area contributed by atoms with Crippen LogP contribution < -0.4 is 5.73 Å². The summed E-state index contributed by atoms with van der Waals surface area (Å²) < 4.78 is 0. The van der Waals surface area contributed by atoms with Crippen LogP contribution in [0, 0.1) is 0 Å². The van der Waals surface area contributed by atoms with Gasteiger partial charge in [-0.15, -0.1) is 0 Å². The van der Waals surface area contributed by atoms with E-state index in [1.54, 1.807) is 0 Å². The fraction of sp³-hybridized carbons (Fsp3) is 0.538. The average molecular weight is 204 g/mol. The lowest BCUT2D eigenvalue weighted by Crippen LogP contribution is -2.34. The zero-order valence-electron chi connectivity index (χ0n) is 9.50. The molecule has 15 heavy (non-hydrogen) atoms. The van der Waals surface area contributed by atoms with Crippen molar-refractivity contribution in [3.8, 4) is 0 Å². The molecule has 2 nitrogen and oxygen atoms in total. The fourth-order valence-corrected chi connectivity index (χ4v) is 2.26. The average Bonchev–Trinajstić information content (AvgIpc) is 2.28. The second kappa shape index (κ2) is 4.77. The number of hydrogen-bond acceptors (Lipinski definition) is 2. The van der Waals surface area contributed by atoms with Crippen molar-refractivity contribution in [1.29, 1.82) is 0 Å². The molecule has 1 aromatic rings. The van der Waals surface area contributed by atoms with Gasteiger partial charge in [-0.3, -0.25) is 4.90 Å². The van der Waals surface area contributed by atoms with Crippen molar-refractivity contribution < 1.29 is 0 Å². The molecule has 1 aromatic carbocycles. The number of fused-ring (bicyclic) bond motifs is 1. The number of nitrogens with two attached hydrogens (primary N) is 1. The summed E-state index contributed by atoms with van der Waals surface area (Å²) in [5.41, 5.74) is 10.1. The highest BCUT2D eigenvalue weighted by Crippen LogP contribution is 2.20. The minimum Gasteiger partial charge on any atom is -0.329 e. The highest BCUT2D eigenvalue weighted by Gasteiger charge is 2.15. The summed E-state index contributed by atoms with van der Waals surface area (Å²) in [7, 11) is 0. The van der Waals surface area contributed by atoms with Crippen molar-refractivity contribution in [2.75, 3.05) is 19.6 Å². The van der Waals surface area contributed by atoms with E-state index >= 15 is 0 Å². The largest absolute Gasteiger partial charge is 0.329 e. The van der Waals surface area contributed by atoms with Gasteiger partial charge < -0.3 is 5.73 Å². The van der Waals surface area contributed by atoms with Gasteiger partial charge in [0.25, 0.3) is 0 Å². The van der Waals surface area contributed by atoms with Gasteiger partial charge in [-0.05, 0) is 29.5 Å². The number of hydrogen-bond donors (Lipinski definition) is 1. The predicted molar refractivity (Wildman–Crippen MR) is 63.9 cm³/mol. The Hall–Kier alpha value is -0.860. The lowest BCUT2D eigenvalue weighted by molar-refractivity contribution is 0.261. The van der Waals surface area contributed by atoms with Crippen LogP contribution in [0.5, 0.6) is 0 Å². The molecular weight excluding hydrogens is 184 g/mol. The van der Waals surface area contributed by atoms with E-state index in [1.165, 1.54) is 23.1 Å². The molecule has 1 aliphatic heterocycles. The molecule has 0 spiro atoms. The van der Waals surface area contributed by atoms with E-state index in [-0.39, 0.29) is 0 Å². The van der Waals surface area contributed by atoms with Crippen LogP contribution in [0.15, 0.2) is 18.2 Å². The maximum Gasteiger partial charge on any atom is 0.0237 e. The molecule has 82 valence electrons. The van der Waals surface area contributed by atoms with Gasteiger partial charge in [0.2, 0.25) is 0 Å². The highest BCUT2D eigenvalue weighted by atomic mass is 15.1. The smallest absolute Gasteiger partial charge is 0.0237 e. The van der Waals surface area contributed by atoms with E-state index in [0.29, 0.717) is 0 Å². The Morgan fingerprint density at radius 2 is 2.20 bits per heavy atom. The molecule has 1 aliphatic rings. The lowest BCUT2D eigenvalue weighted by Gasteiger charge is -2.28. The molecule has 0 radical (unpaired) electrons. The third-order valence-electron chi connectivity index (χ3n) is 3.22. The first-order chi connectivity index (χ1) is 7.33. The summed E-state index contributed by atoms with van der Waals surface area (Å²) in [6, 6.07) is 6.92.